The van der Waals surface area contributed by atoms with Crippen LogP contribution in [0.2, 0.25) is 0 Å². The molecule has 3 rings (SSSR count). The van der Waals surface area contributed by atoms with Crippen LogP contribution in [-0.4, -0.2) is 22.1 Å². The van der Waals surface area contributed by atoms with Gasteiger partial charge in [0.15, 0.2) is 0 Å². The van der Waals surface area contributed by atoms with Gasteiger partial charge in [0, 0.05) is 29.2 Å². The fraction of sp³-hybridized carbons (Fsp3) is 0.118. The smallest absolute Gasteiger partial charge is 0.320 e. The zero-order chi connectivity index (χ0) is 15.7. The van der Waals surface area contributed by atoms with Crippen molar-refractivity contribution < 1.29 is 9.90 Å². The number of nitrogens with two attached hydrogens (primary N) is 2. The zero-order valence-corrected chi connectivity index (χ0v) is 11.9. The van der Waals surface area contributed by atoms with E-state index in [1.807, 2.05) is 42.5 Å². The van der Waals surface area contributed by atoms with Crippen LogP contribution in [0.5, 0.6) is 0 Å². The highest BCUT2D eigenvalue weighted by atomic mass is 16.4. The molecule has 3 aromatic rings. The van der Waals surface area contributed by atoms with Crippen LogP contribution in [0.3, 0.4) is 0 Å². The summed E-state index contributed by atoms with van der Waals surface area (Å²) in [7, 11) is 0. The summed E-state index contributed by atoms with van der Waals surface area (Å²) in [6.07, 6.45) is 2.02. The first-order valence-corrected chi connectivity index (χ1v) is 6.99. The summed E-state index contributed by atoms with van der Waals surface area (Å²) in [5.74, 6) is -1.02. The highest BCUT2D eigenvalue weighted by molar-refractivity contribution is 5.97. The van der Waals surface area contributed by atoms with Crippen LogP contribution in [0, 0.1) is 0 Å². The molecule has 0 aliphatic heterocycles. The monoisotopic (exact) mass is 295 g/mol. The maximum atomic E-state index is 10.9. The van der Waals surface area contributed by atoms with Gasteiger partial charge in [0.25, 0.3) is 0 Å². The van der Waals surface area contributed by atoms with Crippen LogP contribution in [0.25, 0.3) is 22.0 Å². The molecule has 0 aliphatic carbocycles. The van der Waals surface area contributed by atoms with Gasteiger partial charge in [0.1, 0.15) is 6.04 Å². The summed E-state index contributed by atoms with van der Waals surface area (Å²) in [4.78, 5) is 14.1. The highest BCUT2D eigenvalue weighted by Gasteiger charge is 2.16. The van der Waals surface area contributed by atoms with Crippen LogP contribution in [0.15, 0.2) is 48.7 Å². The highest BCUT2D eigenvalue weighted by Crippen LogP contribution is 2.31. The van der Waals surface area contributed by atoms with Crippen LogP contribution in [0.1, 0.15) is 5.56 Å². The number of anilines is 1. The number of rotatable bonds is 4. The van der Waals surface area contributed by atoms with E-state index in [2.05, 4.69) is 4.98 Å². The summed E-state index contributed by atoms with van der Waals surface area (Å²) in [6.45, 7) is 0. The number of carbonyl (C=O) groups is 1. The van der Waals surface area contributed by atoms with Gasteiger partial charge in [-0.15, -0.1) is 0 Å². The average molecular weight is 295 g/mol. The fourth-order valence-corrected chi connectivity index (χ4v) is 2.66. The molecule has 5 heteroatoms. The second kappa shape index (κ2) is 5.54. The van der Waals surface area contributed by atoms with Crippen molar-refractivity contribution in [1.29, 1.82) is 0 Å². The molecular formula is C17H17N3O2. The molecule has 1 atom stereocenters. The van der Waals surface area contributed by atoms with E-state index in [9.17, 15) is 4.79 Å². The van der Waals surface area contributed by atoms with Gasteiger partial charge in [-0.1, -0.05) is 30.3 Å². The third-order valence-electron chi connectivity index (χ3n) is 3.76. The first-order valence-electron chi connectivity index (χ1n) is 6.99. The third kappa shape index (κ3) is 2.54. The predicted molar refractivity (Wildman–Crippen MR) is 87.5 cm³/mol. The van der Waals surface area contributed by atoms with Crippen molar-refractivity contribution in [2.24, 2.45) is 5.73 Å². The number of benzene rings is 2. The molecule has 5 nitrogen and oxygen atoms in total. The number of aromatic amines is 1. The number of aromatic nitrogens is 1. The SMILES string of the molecule is Nc1cc(-c2ccccc2)cc2[nH]cc(CC(N)C(=O)O)c12. The predicted octanol–water partition coefficient (Wildman–Crippen LogP) is 2.37. The Morgan fingerprint density at radius 3 is 2.59 bits per heavy atom. The number of hydrogen-bond acceptors (Lipinski definition) is 3. The summed E-state index contributed by atoms with van der Waals surface area (Å²) < 4.78 is 0. The van der Waals surface area contributed by atoms with Crippen LogP contribution in [-0.2, 0) is 11.2 Å². The topological polar surface area (TPSA) is 105 Å². The van der Waals surface area contributed by atoms with Crippen LogP contribution >= 0.6 is 0 Å². The lowest BCUT2D eigenvalue weighted by Crippen LogP contribution is -2.32. The quantitative estimate of drug-likeness (QED) is 0.554. The van der Waals surface area contributed by atoms with E-state index < -0.39 is 12.0 Å². The van der Waals surface area contributed by atoms with E-state index in [1.165, 1.54) is 0 Å². The standard InChI is InChI=1S/C17H17N3O2/c18-13-6-11(10-4-2-1-3-5-10)8-15-16(13)12(9-20-15)7-14(19)17(21)22/h1-6,8-9,14,20H,7,18-19H2,(H,21,22). The molecule has 0 amide bonds. The Hall–Kier alpha value is -2.79. The van der Waals surface area contributed by atoms with E-state index in [0.717, 1.165) is 27.6 Å². The molecule has 0 radical (unpaired) electrons. The van der Waals surface area contributed by atoms with Crippen molar-refractivity contribution in [2.45, 2.75) is 12.5 Å². The Balaban J connectivity index is 2.05. The molecular weight excluding hydrogens is 278 g/mol. The lowest BCUT2D eigenvalue weighted by Gasteiger charge is -2.08. The van der Waals surface area contributed by atoms with Gasteiger partial charge in [-0.3, -0.25) is 4.79 Å². The second-order valence-corrected chi connectivity index (χ2v) is 5.32. The molecule has 0 bridgehead atoms. The molecule has 0 aliphatic rings. The van der Waals surface area contributed by atoms with Gasteiger partial charge >= 0.3 is 5.97 Å². The van der Waals surface area contributed by atoms with E-state index in [-0.39, 0.29) is 6.42 Å². The first-order chi connectivity index (χ1) is 10.6. The Bertz CT molecular complexity index is 825. The molecule has 1 unspecified atom stereocenters. The van der Waals surface area contributed by atoms with Gasteiger partial charge in [0.2, 0.25) is 0 Å². The van der Waals surface area contributed by atoms with Gasteiger partial charge in [0.05, 0.1) is 0 Å². The van der Waals surface area contributed by atoms with Crippen LogP contribution in [0.4, 0.5) is 5.69 Å². The number of aliphatic carboxylic acids is 1. The first kappa shape index (κ1) is 14.2. The zero-order valence-electron chi connectivity index (χ0n) is 11.9. The van der Waals surface area contributed by atoms with Crippen molar-refractivity contribution in [3.8, 4) is 11.1 Å². The number of nitrogen functional groups attached to an aromatic ring is 1. The van der Waals surface area contributed by atoms with Gasteiger partial charge in [-0.2, -0.15) is 0 Å². The fourth-order valence-electron chi connectivity index (χ4n) is 2.66. The molecule has 112 valence electrons. The Morgan fingerprint density at radius 2 is 1.91 bits per heavy atom. The van der Waals surface area contributed by atoms with Crippen molar-refractivity contribution in [2.75, 3.05) is 5.73 Å². The summed E-state index contributed by atoms with van der Waals surface area (Å²) in [5, 5.41) is 9.79. The molecule has 1 heterocycles. The normalized spacial score (nSPS) is 12.4. The minimum Gasteiger partial charge on any atom is -0.480 e. The molecule has 0 spiro atoms. The second-order valence-electron chi connectivity index (χ2n) is 5.32. The number of carboxylic acids is 1. The lowest BCUT2D eigenvalue weighted by atomic mass is 9.99. The molecule has 22 heavy (non-hydrogen) atoms. The summed E-state index contributed by atoms with van der Waals surface area (Å²) in [6, 6.07) is 12.9. The average Bonchev–Trinajstić information content (AvgIpc) is 2.91. The minimum absolute atomic E-state index is 0.240. The van der Waals surface area contributed by atoms with Gasteiger partial charge < -0.3 is 21.6 Å². The molecule has 0 fully saturated rings. The number of carboxylic acid groups (broad SMARTS) is 1. The van der Waals surface area contributed by atoms with Crippen molar-refractivity contribution in [3.63, 3.8) is 0 Å². The third-order valence-corrected chi connectivity index (χ3v) is 3.76. The molecule has 0 saturated heterocycles. The maximum Gasteiger partial charge on any atom is 0.320 e. The van der Waals surface area contributed by atoms with E-state index >= 15 is 0 Å². The Labute approximate surface area is 127 Å². The van der Waals surface area contributed by atoms with Crippen molar-refractivity contribution in [3.05, 3.63) is 54.2 Å². The lowest BCUT2D eigenvalue weighted by molar-refractivity contribution is -0.138. The number of hydrogen-bond donors (Lipinski definition) is 4. The Morgan fingerprint density at radius 1 is 1.18 bits per heavy atom. The molecule has 1 aromatic heterocycles. The summed E-state index contributed by atoms with van der Waals surface area (Å²) >= 11 is 0. The van der Waals surface area contributed by atoms with E-state index in [0.29, 0.717) is 5.69 Å². The molecule has 2 aromatic carbocycles. The number of H-pyrrole nitrogens is 1. The van der Waals surface area contributed by atoms with Gasteiger partial charge in [-0.25, -0.2) is 0 Å². The largest absolute Gasteiger partial charge is 0.480 e. The molecule has 0 saturated carbocycles. The van der Waals surface area contributed by atoms with Crippen molar-refractivity contribution in [1.82, 2.24) is 4.98 Å². The van der Waals surface area contributed by atoms with E-state index in [1.54, 1.807) is 6.20 Å². The van der Waals surface area contributed by atoms with Crippen molar-refractivity contribution >= 4 is 22.6 Å². The molecule has 6 N–H and O–H groups in total. The van der Waals surface area contributed by atoms with E-state index in [4.69, 9.17) is 16.6 Å². The minimum atomic E-state index is -1.02. The van der Waals surface area contributed by atoms with Crippen LogP contribution < -0.4 is 11.5 Å². The summed E-state index contributed by atoms with van der Waals surface area (Å²) in [5.41, 5.74) is 16.2. The maximum absolute atomic E-state index is 10.9. The van der Waals surface area contributed by atoms with Gasteiger partial charge in [-0.05, 0) is 28.8 Å². The number of fused-ring (bicyclic) bond motifs is 1. The number of nitrogens with one attached hydrogen (secondary N) is 1. The Kier molecular flexibility index (Phi) is 3.56.